The van der Waals surface area contributed by atoms with Crippen LogP contribution in [0.25, 0.3) is 11.1 Å². The fourth-order valence-corrected chi connectivity index (χ4v) is 4.87. The Morgan fingerprint density at radius 3 is 1.82 bits per heavy atom. The second-order valence-corrected chi connectivity index (χ2v) is 8.23. The lowest BCUT2D eigenvalue weighted by molar-refractivity contribution is 0.259. The van der Waals surface area contributed by atoms with E-state index in [1.54, 1.807) is 0 Å². The van der Waals surface area contributed by atoms with Gasteiger partial charge in [0.05, 0.1) is 0 Å². The minimum absolute atomic E-state index is 0.0296. The third-order valence-corrected chi connectivity index (χ3v) is 6.07. The number of rotatable bonds is 11. The van der Waals surface area contributed by atoms with Crippen LogP contribution in [0.4, 0.5) is 0 Å². The van der Waals surface area contributed by atoms with Gasteiger partial charge in [-0.3, -0.25) is 9.80 Å². The summed E-state index contributed by atoms with van der Waals surface area (Å²) in [5, 5.41) is 0. The van der Waals surface area contributed by atoms with Crippen LogP contribution in [0.5, 0.6) is 0 Å². The molecule has 2 nitrogen and oxygen atoms in total. The minimum atomic E-state index is 0.0296. The van der Waals surface area contributed by atoms with Crippen LogP contribution in [0.3, 0.4) is 0 Å². The van der Waals surface area contributed by atoms with E-state index in [4.69, 9.17) is 46.4 Å². The van der Waals surface area contributed by atoms with Gasteiger partial charge in [0.15, 0.2) is 0 Å². The molecule has 2 unspecified atom stereocenters. The van der Waals surface area contributed by atoms with E-state index in [2.05, 4.69) is 66.4 Å². The Morgan fingerprint density at radius 2 is 1.29 bits per heavy atom. The molecule has 0 aliphatic rings. The number of hydrogen-bond acceptors (Lipinski definition) is 2. The molecule has 0 heterocycles. The molecule has 2 aromatic rings. The molecular weight excluding hydrogens is 434 g/mol. The van der Waals surface area contributed by atoms with Crippen LogP contribution >= 0.6 is 46.4 Å². The average Bonchev–Trinajstić information content (AvgIpc) is 2.71. The Balaban J connectivity index is 2.67. The number of benzene rings is 2. The summed E-state index contributed by atoms with van der Waals surface area (Å²) in [6, 6.07) is 16.9. The van der Waals surface area contributed by atoms with E-state index in [0.717, 1.165) is 13.1 Å². The molecule has 2 aromatic carbocycles. The molecule has 0 amide bonds. The van der Waals surface area contributed by atoms with Gasteiger partial charge in [0.1, 0.15) is 0 Å². The van der Waals surface area contributed by atoms with Crippen molar-refractivity contribution in [1.29, 1.82) is 0 Å². The lowest BCUT2D eigenvalue weighted by atomic mass is 9.87. The van der Waals surface area contributed by atoms with Crippen molar-refractivity contribution in [2.24, 2.45) is 0 Å². The average molecular weight is 462 g/mol. The smallest absolute Gasteiger partial charge is 0.0490 e. The predicted molar refractivity (Wildman–Crippen MR) is 126 cm³/mol. The van der Waals surface area contributed by atoms with Gasteiger partial charge >= 0.3 is 0 Å². The van der Waals surface area contributed by atoms with Crippen LogP contribution in [0.1, 0.15) is 23.2 Å². The van der Waals surface area contributed by atoms with E-state index in [9.17, 15) is 0 Å². The maximum Gasteiger partial charge on any atom is 0.0490 e. The van der Waals surface area contributed by atoms with Crippen molar-refractivity contribution >= 4 is 46.4 Å². The Labute approximate surface area is 189 Å². The van der Waals surface area contributed by atoms with E-state index < -0.39 is 0 Å². The summed E-state index contributed by atoms with van der Waals surface area (Å²) in [7, 11) is 4.13. The molecule has 0 bridgehead atoms. The van der Waals surface area contributed by atoms with E-state index in [1.165, 1.54) is 22.3 Å². The number of nitrogens with zero attached hydrogens (tertiary/aromatic N) is 2. The maximum absolute atomic E-state index is 6.50. The summed E-state index contributed by atoms with van der Waals surface area (Å²) in [5.74, 6) is 2.06. The van der Waals surface area contributed by atoms with E-state index in [1.807, 2.05) is 6.07 Å². The van der Waals surface area contributed by atoms with Gasteiger partial charge in [-0.2, -0.15) is 0 Å². The zero-order valence-electron chi connectivity index (χ0n) is 16.4. The van der Waals surface area contributed by atoms with E-state index in [0.29, 0.717) is 23.5 Å². The van der Waals surface area contributed by atoms with Crippen LogP contribution in [0.2, 0.25) is 0 Å². The zero-order valence-corrected chi connectivity index (χ0v) is 19.4. The van der Waals surface area contributed by atoms with Crippen LogP contribution in [-0.2, 0) is 0 Å². The molecule has 28 heavy (non-hydrogen) atoms. The maximum atomic E-state index is 6.50. The second-order valence-electron chi connectivity index (χ2n) is 6.85. The molecular formula is C22H28Cl4N2. The molecule has 0 spiro atoms. The van der Waals surface area contributed by atoms with E-state index in [-0.39, 0.29) is 12.1 Å². The lowest BCUT2D eigenvalue weighted by Gasteiger charge is -2.34. The molecule has 0 N–H and O–H groups in total. The Bertz CT molecular complexity index is 711. The first-order valence-corrected chi connectivity index (χ1v) is 11.5. The Hall–Kier alpha value is -0.480. The highest BCUT2D eigenvalue weighted by Crippen LogP contribution is 2.38. The standard InChI is InChI=1S/C22H28Cl4N2/c1-27(13-11-23)20(15-25)19-10-6-9-18(17-7-4-3-5-8-17)22(19)21(16-26)28(2)14-12-24/h3-10,20-21H,11-16H2,1-2H3. The second kappa shape index (κ2) is 12.3. The quantitative estimate of drug-likeness (QED) is 0.364. The lowest BCUT2D eigenvalue weighted by Crippen LogP contribution is -2.33. The molecule has 0 radical (unpaired) electrons. The normalized spacial score (nSPS) is 13.9. The molecule has 0 aliphatic carbocycles. The van der Waals surface area contributed by atoms with Gasteiger partial charge in [0.25, 0.3) is 0 Å². The van der Waals surface area contributed by atoms with Crippen LogP contribution in [0, 0.1) is 0 Å². The topological polar surface area (TPSA) is 6.48 Å². The predicted octanol–water partition coefficient (Wildman–Crippen LogP) is 6.25. The van der Waals surface area contributed by atoms with Crippen molar-refractivity contribution in [3.8, 4) is 11.1 Å². The molecule has 154 valence electrons. The summed E-state index contributed by atoms with van der Waals surface area (Å²) >= 11 is 25.0. The molecule has 2 rings (SSSR count). The third kappa shape index (κ3) is 5.78. The zero-order chi connectivity index (χ0) is 20.5. The third-order valence-electron chi connectivity index (χ3n) is 5.15. The SMILES string of the molecule is CN(CCCl)C(CCl)c1cccc(-c2ccccc2)c1C(CCl)N(C)CCCl. The summed E-state index contributed by atoms with van der Waals surface area (Å²) in [6.45, 7) is 1.52. The van der Waals surface area contributed by atoms with Gasteiger partial charge in [-0.05, 0) is 36.3 Å². The van der Waals surface area contributed by atoms with Gasteiger partial charge in [-0.1, -0.05) is 48.5 Å². The van der Waals surface area contributed by atoms with Gasteiger partial charge in [0, 0.05) is 48.7 Å². The summed E-state index contributed by atoms with van der Waals surface area (Å²) in [4.78, 5) is 4.43. The first kappa shape index (κ1) is 23.8. The van der Waals surface area contributed by atoms with Crippen molar-refractivity contribution in [2.75, 3.05) is 50.7 Å². The molecule has 0 aliphatic heterocycles. The highest BCUT2D eigenvalue weighted by Gasteiger charge is 2.27. The Morgan fingerprint density at radius 1 is 0.714 bits per heavy atom. The number of hydrogen-bond donors (Lipinski definition) is 0. The first-order valence-electron chi connectivity index (χ1n) is 9.41. The monoisotopic (exact) mass is 460 g/mol. The molecule has 0 saturated carbocycles. The molecule has 0 aromatic heterocycles. The van der Waals surface area contributed by atoms with Gasteiger partial charge in [-0.25, -0.2) is 0 Å². The largest absolute Gasteiger partial charge is 0.297 e. The van der Waals surface area contributed by atoms with Crippen molar-refractivity contribution in [3.63, 3.8) is 0 Å². The van der Waals surface area contributed by atoms with Gasteiger partial charge in [0.2, 0.25) is 0 Å². The molecule has 2 atom stereocenters. The first-order chi connectivity index (χ1) is 13.6. The molecule has 0 fully saturated rings. The fourth-order valence-electron chi connectivity index (χ4n) is 3.55. The number of alkyl halides is 4. The summed E-state index contributed by atoms with van der Waals surface area (Å²) in [5.41, 5.74) is 4.75. The van der Waals surface area contributed by atoms with E-state index >= 15 is 0 Å². The van der Waals surface area contributed by atoms with Crippen molar-refractivity contribution < 1.29 is 0 Å². The summed E-state index contributed by atoms with van der Waals surface area (Å²) < 4.78 is 0. The van der Waals surface area contributed by atoms with Crippen molar-refractivity contribution in [1.82, 2.24) is 9.80 Å². The van der Waals surface area contributed by atoms with Crippen molar-refractivity contribution in [3.05, 3.63) is 59.7 Å². The number of halogens is 4. The van der Waals surface area contributed by atoms with Crippen LogP contribution in [-0.4, -0.2) is 60.5 Å². The highest BCUT2D eigenvalue weighted by molar-refractivity contribution is 6.19. The minimum Gasteiger partial charge on any atom is -0.297 e. The van der Waals surface area contributed by atoms with Crippen LogP contribution in [0.15, 0.2) is 48.5 Å². The summed E-state index contributed by atoms with van der Waals surface area (Å²) in [6.07, 6.45) is 0. The Kier molecular flexibility index (Phi) is 10.4. The van der Waals surface area contributed by atoms with Crippen LogP contribution < -0.4 is 0 Å². The van der Waals surface area contributed by atoms with Gasteiger partial charge in [-0.15, -0.1) is 46.4 Å². The molecule has 0 saturated heterocycles. The molecule has 6 heteroatoms. The van der Waals surface area contributed by atoms with Gasteiger partial charge < -0.3 is 0 Å². The fraction of sp³-hybridized carbons (Fsp3) is 0.455. The highest BCUT2D eigenvalue weighted by atomic mass is 35.5. The van der Waals surface area contributed by atoms with Crippen molar-refractivity contribution in [2.45, 2.75) is 12.1 Å².